The predicted molar refractivity (Wildman–Crippen MR) is 109 cm³/mol. The molecule has 0 saturated carbocycles. The second-order valence-corrected chi connectivity index (χ2v) is 7.89. The van der Waals surface area contributed by atoms with Gasteiger partial charge in [-0.15, -0.1) is 0 Å². The van der Waals surface area contributed by atoms with Crippen molar-refractivity contribution in [1.29, 1.82) is 0 Å². The molecular weight excluding hydrogens is 391 g/mol. The number of hydrogen-bond acceptors (Lipinski definition) is 5. The first-order valence-electron chi connectivity index (χ1n) is 9.38. The number of esters is 1. The lowest BCUT2D eigenvalue weighted by molar-refractivity contribution is -0.139. The van der Waals surface area contributed by atoms with Crippen LogP contribution in [0.15, 0.2) is 47.3 Å². The number of benzene rings is 2. The third-order valence-corrected chi connectivity index (χ3v) is 4.41. The zero-order valence-electron chi connectivity index (χ0n) is 17.3. The number of imidazole rings is 1. The third kappa shape index (κ3) is 4.59. The monoisotopic (exact) mass is 414 g/mol. The molecule has 30 heavy (non-hydrogen) atoms. The molecule has 8 heteroatoms. The molecule has 0 aliphatic heterocycles. The summed E-state index contributed by atoms with van der Waals surface area (Å²) in [4.78, 5) is 37.0. The van der Waals surface area contributed by atoms with Gasteiger partial charge in [0.05, 0.1) is 31.1 Å². The van der Waals surface area contributed by atoms with Crippen LogP contribution in [0.2, 0.25) is 0 Å². The lowest BCUT2D eigenvalue weighted by atomic mass is 10.1. The average molecular weight is 414 g/mol. The molecule has 0 saturated heterocycles. The molecule has 0 spiro atoms. The molecule has 0 amide bonds. The maximum Gasteiger partial charge on any atom is 0.423 e. The van der Waals surface area contributed by atoms with E-state index in [0.29, 0.717) is 0 Å². The zero-order chi connectivity index (χ0) is 22.1. The van der Waals surface area contributed by atoms with E-state index in [1.54, 1.807) is 45.0 Å². The van der Waals surface area contributed by atoms with E-state index in [9.17, 15) is 18.8 Å². The number of ether oxygens (including phenoxy) is 2. The second kappa shape index (κ2) is 8.14. The van der Waals surface area contributed by atoms with E-state index in [2.05, 4.69) is 4.74 Å². The minimum absolute atomic E-state index is 0.118. The first kappa shape index (κ1) is 21.3. The summed E-state index contributed by atoms with van der Waals surface area (Å²) < 4.78 is 26.1. The summed E-state index contributed by atoms with van der Waals surface area (Å²) in [5.41, 5.74) is 0.643. The summed E-state index contributed by atoms with van der Waals surface area (Å²) >= 11 is 0. The lowest BCUT2D eigenvalue weighted by Crippen LogP contribution is -2.34. The highest BCUT2D eigenvalue weighted by Gasteiger charge is 2.24. The maximum absolute atomic E-state index is 13.9. The van der Waals surface area contributed by atoms with Crippen molar-refractivity contribution in [3.63, 3.8) is 0 Å². The van der Waals surface area contributed by atoms with E-state index in [0.717, 1.165) is 15.7 Å². The Morgan fingerprint density at radius 1 is 1.00 bits per heavy atom. The van der Waals surface area contributed by atoms with Crippen molar-refractivity contribution in [3.8, 4) is 0 Å². The SMILES string of the molecule is COC(=O)Cc1ccc(Cn2c(=O)n(C(=O)OC(C)(C)C)c3ccc(F)cc32)cc1. The van der Waals surface area contributed by atoms with Crippen LogP contribution < -0.4 is 5.69 Å². The lowest BCUT2D eigenvalue weighted by Gasteiger charge is -2.19. The van der Waals surface area contributed by atoms with Crippen molar-refractivity contribution in [1.82, 2.24) is 9.13 Å². The molecule has 0 N–H and O–H groups in total. The summed E-state index contributed by atoms with van der Waals surface area (Å²) in [7, 11) is 1.32. The topological polar surface area (TPSA) is 79.5 Å². The van der Waals surface area contributed by atoms with Gasteiger partial charge in [0.15, 0.2) is 0 Å². The molecule has 2 aromatic carbocycles. The molecule has 0 bridgehead atoms. The number of rotatable bonds is 4. The van der Waals surface area contributed by atoms with Crippen molar-refractivity contribution in [2.75, 3.05) is 7.11 Å². The normalized spacial score (nSPS) is 11.5. The molecule has 1 aromatic heterocycles. The van der Waals surface area contributed by atoms with E-state index in [-0.39, 0.29) is 30.0 Å². The summed E-state index contributed by atoms with van der Waals surface area (Å²) in [5, 5.41) is 0. The van der Waals surface area contributed by atoms with Gasteiger partial charge in [-0.25, -0.2) is 14.0 Å². The van der Waals surface area contributed by atoms with Gasteiger partial charge in [0, 0.05) is 0 Å². The van der Waals surface area contributed by atoms with Crippen LogP contribution in [0.25, 0.3) is 11.0 Å². The Kier molecular flexibility index (Phi) is 5.78. The highest BCUT2D eigenvalue weighted by molar-refractivity contribution is 5.87. The Morgan fingerprint density at radius 3 is 2.23 bits per heavy atom. The summed E-state index contributed by atoms with van der Waals surface area (Å²) in [5.74, 6) is -0.874. The number of methoxy groups -OCH3 is 1. The van der Waals surface area contributed by atoms with Crippen molar-refractivity contribution in [3.05, 3.63) is 69.9 Å². The highest BCUT2D eigenvalue weighted by atomic mass is 19.1. The molecule has 0 radical (unpaired) electrons. The molecule has 3 aromatic rings. The van der Waals surface area contributed by atoms with Gasteiger partial charge in [0.2, 0.25) is 0 Å². The number of carbonyl (C=O) groups is 2. The van der Waals surface area contributed by atoms with E-state index in [1.807, 2.05) is 0 Å². The number of aromatic nitrogens is 2. The Hall–Kier alpha value is -3.42. The molecule has 0 atom stereocenters. The highest BCUT2D eigenvalue weighted by Crippen LogP contribution is 2.19. The Morgan fingerprint density at radius 2 is 1.63 bits per heavy atom. The Balaban J connectivity index is 2.01. The smallest absolute Gasteiger partial charge is 0.423 e. The van der Waals surface area contributed by atoms with Gasteiger partial charge in [-0.1, -0.05) is 24.3 Å². The molecule has 0 fully saturated rings. The van der Waals surface area contributed by atoms with Crippen LogP contribution >= 0.6 is 0 Å². The average Bonchev–Trinajstić information content (AvgIpc) is 2.93. The largest absolute Gasteiger partial charge is 0.469 e. The van der Waals surface area contributed by atoms with Gasteiger partial charge in [0.1, 0.15) is 11.4 Å². The number of nitrogens with zero attached hydrogens (tertiary/aromatic N) is 2. The number of carbonyl (C=O) groups excluding carboxylic acids is 2. The molecule has 0 aliphatic rings. The van der Waals surface area contributed by atoms with Gasteiger partial charge in [-0.05, 0) is 50.1 Å². The van der Waals surface area contributed by atoms with Gasteiger partial charge >= 0.3 is 17.8 Å². The zero-order valence-corrected chi connectivity index (χ0v) is 17.3. The summed E-state index contributed by atoms with van der Waals surface area (Å²) in [6, 6.07) is 10.8. The molecule has 1 heterocycles. The van der Waals surface area contributed by atoms with Crippen LogP contribution in [0, 0.1) is 5.82 Å². The number of fused-ring (bicyclic) bond motifs is 1. The van der Waals surface area contributed by atoms with Crippen molar-refractivity contribution in [2.45, 2.75) is 39.3 Å². The second-order valence-electron chi connectivity index (χ2n) is 7.89. The van der Waals surface area contributed by atoms with Gasteiger partial charge in [-0.2, -0.15) is 4.57 Å². The van der Waals surface area contributed by atoms with Crippen LogP contribution in [-0.2, 0) is 27.2 Å². The summed E-state index contributed by atoms with van der Waals surface area (Å²) in [6.45, 7) is 5.22. The molecule has 158 valence electrons. The van der Waals surface area contributed by atoms with Crippen LogP contribution in [0.3, 0.4) is 0 Å². The third-order valence-electron chi connectivity index (χ3n) is 4.41. The van der Waals surface area contributed by atoms with Gasteiger partial charge in [0.25, 0.3) is 0 Å². The summed E-state index contributed by atoms with van der Waals surface area (Å²) in [6.07, 6.45) is -0.684. The molecular formula is C22H23FN2O5. The van der Waals surface area contributed by atoms with Gasteiger partial charge < -0.3 is 9.47 Å². The minimum atomic E-state index is -0.823. The molecule has 7 nitrogen and oxygen atoms in total. The fourth-order valence-corrected chi connectivity index (χ4v) is 3.05. The maximum atomic E-state index is 13.9. The van der Waals surface area contributed by atoms with E-state index in [1.165, 1.54) is 29.9 Å². The number of halogens is 1. The number of hydrogen-bond donors (Lipinski definition) is 0. The van der Waals surface area contributed by atoms with Crippen LogP contribution in [0.1, 0.15) is 31.9 Å². The van der Waals surface area contributed by atoms with Crippen molar-refractivity contribution >= 4 is 23.1 Å². The van der Waals surface area contributed by atoms with Crippen LogP contribution in [-0.4, -0.2) is 33.9 Å². The van der Waals surface area contributed by atoms with Gasteiger partial charge in [-0.3, -0.25) is 9.36 Å². The first-order valence-corrected chi connectivity index (χ1v) is 9.38. The quantitative estimate of drug-likeness (QED) is 0.611. The van der Waals surface area contributed by atoms with Crippen molar-refractivity contribution in [2.24, 2.45) is 0 Å². The predicted octanol–water partition coefficient (Wildman–Crippen LogP) is 3.49. The molecule has 3 rings (SSSR count). The molecule has 0 aliphatic carbocycles. The van der Waals surface area contributed by atoms with E-state index >= 15 is 0 Å². The van der Waals surface area contributed by atoms with E-state index < -0.39 is 23.2 Å². The fraction of sp³-hybridized carbons (Fsp3) is 0.318. The van der Waals surface area contributed by atoms with Crippen LogP contribution in [0.4, 0.5) is 9.18 Å². The van der Waals surface area contributed by atoms with E-state index in [4.69, 9.17) is 4.74 Å². The first-order chi connectivity index (χ1) is 14.1. The fourth-order valence-electron chi connectivity index (χ4n) is 3.05. The standard InChI is InChI=1S/C22H23FN2O5/c1-22(2,3)30-21(28)25-17-10-9-16(23)12-18(17)24(20(25)27)13-15-7-5-14(6-8-15)11-19(26)29-4/h5-10,12H,11,13H2,1-4H3. The Bertz CT molecular complexity index is 1150. The van der Waals surface area contributed by atoms with Crippen molar-refractivity contribution < 1.29 is 23.5 Å². The van der Waals surface area contributed by atoms with Crippen LogP contribution in [0.5, 0.6) is 0 Å². The Labute approximate surface area is 172 Å². The minimum Gasteiger partial charge on any atom is -0.469 e. The molecule has 0 unspecified atom stereocenters.